The van der Waals surface area contributed by atoms with Gasteiger partial charge in [0.25, 0.3) is 0 Å². The van der Waals surface area contributed by atoms with E-state index in [1.54, 1.807) is 29.0 Å². The van der Waals surface area contributed by atoms with Gasteiger partial charge in [0.2, 0.25) is 11.8 Å². The second-order valence-electron chi connectivity index (χ2n) is 7.12. The second kappa shape index (κ2) is 7.46. The van der Waals surface area contributed by atoms with Crippen molar-refractivity contribution in [1.82, 2.24) is 24.5 Å². The number of nitrogens with zero attached hydrogens (tertiary/aromatic N) is 6. The average molecular weight is 380 g/mol. The van der Waals surface area contributed by atoms with Gasteiger partial charge in [-0.15, -0.1) is 5.10 Å². The minimum Gasteiger partial charge on any atom is -0.493 e. The van der Waals surface area contributed by atoms with Crippen molar-refractivity contribution in [2.24, 2.45) is 0 Å². The van der Waals surface area contributed by atoms with E-state index in [1.807, 2.05) is 31.0 Å². The zero-order chi connectivity index (χ0) is 19.7. The van der Waals surface area contributed by atoms with Gasteiger partial charge < -0.3 is 14.9 Å². The van der Waals surface area contributed by atoms with Crippen molar-refractivity contribution in [3.63, 3.8) is 0 Å². The largest absolute Gasteiger partial charge is 0.493 e. The maximum Gasteiger partial charge on any atom is 0.222 e. The molecule has 3 aromatic heterocycles. The van der Waals surface area contributed by atoms with Crippen molar-refractivity contribution in [3.8, 4) is 17.1 Å². The third-order valence-electron chi connectivity index (χ3n) is 5.30. The number of hydrogen-bond acceptors (Lipinski definition) is 6. The molecule has 0 bridgehead atoms. The molecule has 8 heteroatoms. The van der Waals surface area contributed by atoms with E-state index < -0.39 is 0 Å². The predicted molar refractivity (Wildman–Crippen MR) is 106 cm³/mol. The lowest BCUT2D eigenvalue weighted by Gasteiger charge is -2.25. The SMILES string of the molecule is CCCC(=O)N(C)C1CCN(c2ccc3ncc(-c4cccnc4O)n3n2)C1. The molecule has 0 radical (unpaired) electrons. The summed E-state index contributed by atoms with van der Waals surface area (Å²) in [5, 5.41) is 14.8. The second-order valence-corrected chi connectivity index (χ2v) is 7.12. The molecule has 0 aromatic carbocycles. The van der Waals surface area contributed by atoms with Crippen LogP contribution in [0.5, 0.6) is 5.88 Å². The number of carbonyl (C=O) groups is 1. The van der Waals surface area contributed by atoms with E-state index in [9.17, 15) is 9.90 Å². The zero-order valence-corrected chi connectivity index (χ0v) is 16.1. The van der Waals surface area contributed by atoms with E-state index in [4.69, 9.17) is 5.10 Å². The van der Waals surface area contributed by atoms with Crippen molar-refractivity contribution < 1.29 is 9.90 Å². The number of aromatic hydroxyl groups is 1. The van der Waals surface area contributed by atoms with Crippen molar-refractivity contribution in [2.75, 3.05) is 25.0 Å². The first-order valence-corrected chi connectivity index (χ1v) is 9.58. The highest BCUT2D eigenvalue weighted by molar-refractivity contribution is 5.76. The Morgan fingerprint density at radius 3 is 2.96 bits per heavy atom. The Kier molecular flexibility index (Phi) is 4.85. The van der Waals surface area contributed by atoms with Crippen LogP contribution in [-0.4, -0.2) is 61.7 Å². The molecule has 0 spiro atoms. The zero-order valence-electron chi connectivity index (χ0n) is 16.1. The molecule has 3 aromatic rings. The Hall–Kier alpha value is -3.16. The minimum atomic E-state index is -0.0474. The molecule has 8 nitrogen and oxygen atoms in total. The smallest absolute Gasteiger partial charge is 0.222 e. The molecule has 146 valence electrons. The van der Waals surface area contributed by atoms with Gasteiger partial charge in [-0.05, 0) is 37.1 Å². The monoisotopic (exact) mass is 380 g/mol. The lowest BCUT2D eigenvalue weighted by Crippen LogP contribution is -2.39. The molecule has 1 atom stereocenters. The van der Waals surface area contributed by atoms with Crippen LogP contribution in [0.25, 0.3) is 16.9 Å². The maximum absolute atomic E-state index is 12.2. The lowest BCUT2D eigenvalue weighted by atomic mass is 10.2. The third-order valence-corrected chi connectivity index (χ3v) is 5.30. The topological polar surface area (TPSA) is 86.9 Å². The van der Waals surface area contributed by atoms with E-state index >= 15 is 0 Å². The lowest BCUT2D eigenvalue weighted by molar-refractivity contribution is -0.131. The summed E-state index contributed by atoms with van der Waals surface area (Å²) in [6.07, 6.45) is 5.60. The van der Waals surface area contributed by atoms with Crippen molar-refractivity contribution >= 4 is 17.4 Å². The van der Waals surface area contributed by atoms with Crippen molar-refractivity contribution in [3.05, 3.63) is 36.7 Å². The van der Waals surface area contributed by atoms with Gasteiger partial charge in [0.05, 0.1) is 23.5 Å². The van der Waals surface area contributed by atoms with Gasteiger partial charge >= 0.3 is 0 Å². The summed E-state index contributed by atoms with van der Waals surface area (Å²) in [5.41, 5.74) is 1.98. The van der Waals surface area contributed by atoms with E-state index in [2.05, 4.69) is 14.9 Å². The summed E-state index contributed by atoms with van der Waals surface area (Å²) in [5.74, 6) is 0.976. The number of aromatic nitrogens is 4. The van der Waals surface area contributed by atoms with Crippen LogP contribution in [0.3, 0.4) is 0 Å². The molecule has 1 unspecified atom stereocenters. The van der Waals surface area contributed by atoms with Crippen LogP contribution < -0.4 is 4.90 Å². The minimum absolute atomic E-state index is 0.0474. The van der Waals surface area contributed by atoms with E-state index in [0.717, 1.165) is 31.7 Å². The van der Waals surface area contributed by atoms with Gasteiger partial charge in [-0.2, -0.15) is 0 Å². The van der Waals surface area contributed by atoms with Gasteiger partial charge in [-0.1, -0.05) is 6.92 Å². The molecule has 1 aliphatic heterocycles. The molecule has 1 aliphatic rings. The molecule has 4 rings (SSSR count). The molecule has 1 amide bonds. The molecule has 1 N–H and O–H groups in total. The predicted octanol–water partition coefficient (Wildman–Crippen LogP) is 2.33. The van der Waals surface area contributed by atoms with E-state index in [-0.39, 0.29) is 17.8 Å². The normalized spacial score (nSPS) is 16.6. The first kappa shape index (κ1) is 18.2. The van der Waals surface area contributed by atoms with Gasteiger partial charge in [-0.25, -0.2) is 14.5 Å². The molecule has 28 heavy (non-hydrogen) atoms. The highest BCUT2D eigenvalue weighted by Crippen LogP contribution is 2.28. The number of imidazole rings is 1. The van der Waals surface area contributed by atoms with E-state index in [1.165, 1.54) is 0 Å². The first-order chi connectivity index (χ1) is 13.6. The van der Waals surface area contributed by atoms with Gasteiger partial charge in [0.15, 0.2) is 5.65 Å². The highest BCUT2D eigenvalue weighted by Gasteiger charge is 2.29. The van der Waals surface area contributed by atoms with Crippen molar-refractivity contribution in [1.29, 1.82) is 0 Å². The molecular formula is C20H24N6O2. The van der Waals surface area contributed by atoms with Crippen LogP contribution in [-0.2, 0) is 4.79 Å². The fourth-order valence-electron chi connectivity index (χ4n) is 3.67. The summed E-state index contributed by atoms with van der Waals surface area (Å²) in [4.78, 5) is 24.6. The maximum atomic E-state index is 12.2. The Bertz CT molecular complexity index is 1000. The van der Waals surface area contributed by atoms with Crippen molar-refractivity contribution in [2.45, 2.75) is 32.2 Å². The summed E-state index contributed by atoms with van der Waals surface area (Å²) in [7, 11) is 1.89. The van der Waals surface area contributed by atoms with Crippen LogP contribution in [0, 0.1) is 0 Å². The number of anilines is 1. The van der Waals surface area contributed by atoms with Crippen LogP contribution in [0.15, 0.2) is 36.7 Å². The molecular weight excluding hydrogens is 356 g/mol. The Morgan fingerprint density at radius 2 is 2.18 bits per heavy atom. The standard InChI is InChI=1S/C20H24N6O2/c1-3-5-19(27)24(2)14-9-11-25(13-14)18-8-7-17-22-12-16(26(17)23-18)15-6-4-10-21-20(15)28/h4,6-8,10,12,14H,3,5,9,11,13H2,1-2H3,(H,21,28). The summed E-state index contributed by atoms with van der Waals surface area (Å²) < 4.78 is 1.73. The van der Waals surface area contributed by atoms with Crippen LogP contribution in [0.2, 0.25) is 0 Å². The Balaban J connectivity index is 1.60. The van der Waals surface area contributed by atoms with Crippen LogP contribution in [0.4, 0.5) is 5.82 Å². The molecule has 1 saturated heterocycles. The third kappa shape index (κ3) is 3.26. The number of likely N-dealkylation sites (N-methyl/N-ethyl adjacent to an activating group) is 1. The molecule has 0 saturated carbocycles. The Labute approximate surface area is 163 Å². The summed E-state index contributed by atoms with van der Waals surface area (Å²) >= 11 is 0. The summed E-state index contributed by atoms with van der Waals surface area (Å²) in [6, 6.07) is 7.62. The number of rotatable bonds is 5. The van der Waals surface area contributed by atoms with Crippen LogP contribution >= 0.6 is 0 Å². The quantitative estimate of drug-likeness (QED) is 0.731. The van der Waals surface area contributed by atoms with Gasteiger partial charge in [0.1, 0.15) is 5.82 Å². The Morgan fingerprint density at radius 1 is 1.32 bits per heavy atom. The molecule has 1 fully saturated rings. The number of amides is 1. The van der Waals surface area contributed by atoms with Gasteiger partial charge in [0, 0.05) is 32.8 Å². The number of pyridine rings is 1. The van der Waals surface area contributed by atoms with Crippen LogP contribution in [0.1, 0.15) is 26.2 Å². The highest BCUT2D eigenvalue weighted by atomic mass is 16.3. The first-order valence-electron chi connectivity index (χ1n) is 9.58. The van der Waals surface area contributed by atoms with Gasteiger partial charge in [-0.3, -0.25) is 4.79 Å². The number of fused-ring (bicyclic) bond motifs is 1. The fourth-order valence-corrected chi connectivity index (χ4v) is 3.67. The number of carbonyl (C=O) groups excluding carboxylic acids is 1. The fraction of sp³-hybridized carbons (Fsp3) is 0.400. The summed E-state index contributed by atoms with van der Waals surface area (Å²) in [6.45, 7) is 3.62. The molecule has 0 aliphatic carbocycles. The van der Waals surface area contributed by atoms with E-state index in [0.29, 0.717) is 23.3 Å². The number of hydrogen-bond donors (Lipinski definition) is 1. The average Bonchev–Trinajstić information content (AvgIpc) is 3.35. The molecule has 4 heterocycles.